The van der Waals surface area contributed by atoms with Crippen molar-refractivity contribution in [3.8, 4) is 0 Å². The first-order valence-corrected chi connectivity index (χ1v) is 5.53. The average molecular weight is 226 g/mol. The summed E-state index contributed by atoms with van der Waals surface area (Å²) in [5.74, 6) is 0.406. The van der Waals surface area contributed by atoms with Gasteiger partial charge in [-0.05, 0) is 18.2 Å². The highest BCUT2D eigenvalue weighted by Gasteiger charge is 2.10. The minimum Gasteiger partial charge on any atom is -0.399 e. The van der Waals surface area contributed by atoms with Crippen LogP contribution in [0.25, 0.3) is 0 Å². The first-order valence-electron chi connectivity index (χ1n) is 4.54. The smallest absolute Gasteiger partial charge is 0.252 e. The highest BCUT2D eigenvalue weighted by molar-refractivity contribution is 7.99. The van der Waals surface area contributed by atoms with Gasteiger partial charge in [0.05, 0.1) is 12.2 Å². The van der Waals surface area contributed by atoms with E-state index >= 15 is 0 Å². The second-order valence-corrected chi connectivity index (χ2v) is 4.04. The second-order valence-electron chi connectivity index (χ2n) is 2.91. The number of thioether (sulfide) groups is 1. The summed E-state index contributed by atoms with van der Waals surface area (Å²) in [6.07, 6.45) is 0. The molecular weight excluding hydrogens is 212 g/mol. The number of nitrogens with two attached hydrogens (primary N) is 1. The maximum absolute atomic E-state index is 11.5. The lowest BCUT2D eigenvalue weighted by Crippen LogP contribution is -2.18. The van der Waals surface area contributed by atoms with E-state index in [0.717, 1.165) is 4.90 Å². The molecule has 1 amide bonds. The van der Waals surface area contributed by atoms with Crippen molar-refractivity contribution in [3.63, 3.8) is 0 Å². The lowest BCUT2D eigenvalue weighted by molar-refractivity contribution is 0.0960. The van der Waals surface area contributed by atoms with E-state index in [4.69, 9.17) is 10.8 Å². The molecule has 0 unspecified atom stereocenters. The average Bonchev–Trinajstić information content (AvgIpc) is 2.25. The monoisotopic (exact) mass is 226 g/mol. The number of aliphatic hydroxyl groups excluding tert-OH is 1. The molecule has 0 aromatic heterocycles. The zero-order valence-electron chi connectivity index (χ0n) is 8.49. The first kappa shape index (κ1) is 11.9. The number of amides is 1. The number of hydrogen-bond acceptors (Lipinski definition) is 4. The van der Waals surface area contributed by atoms with Crippen molar-refractivity contribution in [2.24, 2.45) is 0 Å². The molecule has 0 aliphatic heterocycles. The fraction of sp³-hybridized carbons (Fsp3) is 0.300. The molecule has 0 radical (unpaired) electrons. The van der Waals surface area contributed by atoms with Crippen LogP contribution in [0.15, 0.2) is 23.1 Å². The molecule has 15 heavy (non-hydrogen) atoms. The van der Waals surface area contributed by atoms with Crippen molar-refractivity contribution in [1.82, 2.24) is 5.32 Å². The number of benzene rings is 1. The van der Waals surface area contributed by atoms with Gasteiger partial charge in [-0.25, -0.2) is 0 Å². The topological polar surface area (TPSA) is 75.4 Å². The van der Waals surface area contributed by atoms with Gasteiger partial charge >= 0.3 is 0 Å². The van der Waals surface area contributed by atoms with E-state index in [1.165, 1.54) is 11.8 Å². The van der Waals surface area contributed by atoms with Gasteiger partial charge in [0.1, 0.15) is 0 Å². The van der Waals surface area contributed by atoms with E-state index in [9.17, 15) is 4.79 Å². The molecule has 0 spiro atoms. The molecule has 0 atom stereocenters. The van der Waals surface area contributed by atoms with E-state index in [1.54, 1.807) is 25.2 Å². The fourth-order valence-electron chi connectivity index (χ4n) is 1.14. The van der Waals surface area contributed by atoms with Crippen LogP contribution in [0.1, 0.15) is 10.4 Å². The van der Waals surface area contributed by atoms with Crippen molar-refractivity contribution in [2.75, 3.05) is 25.1 Å². The molecule has 4 nitrogen and oxygen atoms in total. The summed E-state index contributed by atoms with van der Waals surface area (Å²) < 4.78 is 0. The molecule has 0 saturated heterocycles. The lowest BCUT2D eigenvalue weighted by Gasteiger charge is -2.08. The van der Waals surface area contributed by atoms with Crippen molar-refractivity contribution in [1.29, 1.82) is 0 Å². The Morgan fingerprint density at radius 1 is 1.60 bits per heavy atom. The predicted octanol–water partition coefficient (Wildman–Crippen LogP) is 0.713. The molecule has 0 aliphatic carbocycles. The summed E-state index contributed by atoms with van der Waals surface area (Å²) in [6, 6.07) is 5.12. The zero-order chi connectivity index (χ0) is 11.3. The van der Waals surface area contributed by atoms with Gasteiger partial charge in [-0.1, -0.05) is 0 Å². The maximum Gasteiger partial charge on any atom is 0.252 e. The number of nitrogen functional groups attached to an aromatic ring is 1. The Morgan fingerprint density at radius 2 is 2.33 bits per heavy atom. The van der Waals surface area contributed by atoms with Crippen molar-refractivity contribution < 1.29 is 9.90 Å². The van der Waals surface area contributed by atoms with Crippen LogP contribution >= 0.6 is 11.8 Å². The van der Waals surface area contributed by atoms with Gasteiger partial charge in [-0.15, -0.1) is 11.8 Å². The molecule has 5 heteroatoms. The number of carbonyl (C=O) groups is 1. The van der Waals surface area contributed by atoms with Crippen molar-refractivity contribution in [2.45, 2.75) is 4.90 Å². The van der Waals surface area contributed by atoms with Crippen LogP contribution in [-0.2, 0) is 0 Å². The third-order valence-corrected chi connectivity index (χ3v) is 2.86. The molecule has 1 rings (SSSR count). The predicted molar refractivity (Wildman–Crippen MR) is 62.1 cm³/mol. The Hall–Kier alpha value is -1.20. The quantitative estimate of drug-likeness (QED) is 0.522. The van der Waals surface area contributed by atoms with Crippen LogP contribution in [0.5, 0.6) is 0 Å². The summed E-state index contributed by atoms with van der Waals surface area (Å²) in [6.45, 7) is 0.0760. The third-order valence-electron chi connectivity index (χ3n) is 1.83. The van der Waals surface area contributed by atoms with Gasteiger partial charge < -0.3 is 16.2 Å². The summed E-state index contributed by atoms with van der Waals surface area (Å²) in [5.41, 5.74) is 6.84. The highest BCUT2D eigenvalue weighted by Crippen LogP contribution is 2.24. The Bertz CT molecular complexity index is 355. The standard InChI is InChI=1S/C10H14N2O2S/c1-12-10(14)8-3-2-7(11)6-9(8)15-5-4-13/h2-3,6,13H,4-5,11H2,1H3,(H,12,14). The van der Waals surface area contributed by atoms with E-state index in [1.807, 2.05) is 0 Å². The number of nitrogens with one attached hydrogen (secondary N) is 1. The maximum atomic E-state index is 11.5. The fourth-order valence-corrected chi connectivity index (χ4v) is 1.98. The minimum absolute atomic E-state index is 0.0760. The number of anilines is 1. The van der Waals surface area contributed by atoms with Crippen LogP contribution in [0.2, 0.25) is 0 Å². The van der Waals surface area contributed by atoms with E-state index < -0.39 is 0 Å². The summed E-state index contributed by atoms with van der Waals surface area (Å²) in [4.78, 5) is 12.3. The van der Waals surface area contributed by atoms with Crippen LogP contribution in [0, 0.1) is 0 Å². The molecule has 1 aromatic rings. The molecule has 0 fully saturated rings. The molecular formula is C10H14N2O2S. The zero-order valence-corrected chi connectivity index (χ0v) is 9.30. The number of hydrogen-bond donors (Lipinski definition) is 3. The van der Waals surface area contributed by atoms with Gasteiger partial charge in [-0.3, -0.25) is 4.79 Å². The third kappa shape index (κ3) is 3.14. The van der Waals surface area contributed by atoms with E-state index in [2.05, 4.69) is 5.32 Å². The van der Waals surface area contributed by atoms with E-state index in [-0.39, 0.29) is 12.5 Å². The van der Waals surface area contributed by atoms with Crippen LogP contribution in [-0.4, -0.2) is 30.4 Å². The second kappa shape index (κ2) is 5.63. The first-order chi connectivity index (χ1) is 7.19. The molecule has 0 bridgehead atoms. The highest BCUT2D eigenvalue weighted by atomic mass is 32.2. The largest absolute Gasteiger partial charge is 0.399 e. The Labute approximate surface area is 92.9 Å². The van der Waals surface area contributed by atoms with Gasteiger partial charge in [0.25, 0.3) is 5.91 Å². The molecule has 82 valence electrons. The van der Waals surface area contributed by atoms with E-state index in [0.29, 0.717) is 17.0 Å². The number of carbonyl (C=O) groups excluding carboxylic acids is 1. The van der Waals surface area contributed by atoms with Crippen LogP contribution in [0.4, 0.5) is 5.69 Å². The Morgan fingerprint density at radius 3 is 2.93 bits per heavy atom. The summed E-state index contributed by atoms with van der Waals surface area (Å²) in [5, 5.41) is 11.3. The van der Waals surface area contributed by atoms with Crippen molar-refractivity contribution in [3.05, 3.63) is 23.8 Å². The SMILES string of the molecule is CNC(=O)c1ccc(N)cc1SCCO. The van der Waals surface area contributed by atoms with Gasteiger partial charge in [0, 0.05) is 23.4 Å². The summed E-state index contributed by atoms with van der Waals surface area (Å²) >= 11 is 1.41. The molecule has 0 aliphatic rings. The van der Waals surface area contributed by atoms with Crippen molar-refractivity contribution >= 4 is 23.4 Å². The minimum atomic E-state index is -0.143. The van der Waals surface area contributed by atoms with Gasteiger partial charge in [-0.2, -0.15) is 0 Å². The molecule has 4 N–H and O–H groups in total. The molecule has 0 heterocycles. The van der Waals surface area contributed by atoms with Gasteiger partial charge in [0.2, 0.25) is 0 Å². The van der Waals surface area contributed by atoms with Crippen LogP contribution < -0.4 is 11.1 Å². The normalized spacial score (nSPS) is 10.0. The number of rotatable bonds is 4. The van der Waals surface area contributed by atoms with Gasteiger partial charge in [0.15, 0.2) is 0 Å². The molecule has 0 saturated carbocycles. The number of aliphatic hydroxyl groups is 1. The molecule has 1 aromatic carbocycles. The summed E-state index contributed by atoms with van der Waals surface area (Å²) in [7, 11) is 1.58. The Kier molecular flexibility index (Phi) is 4.45. The lowest BCUT2D eigenvalue weighted by atomic mass is 10.2. The Balaban J connectivity index is 2.97. The van der Waals surface area contributed by atoms with Crippen LogP contribution in [0.3, 0.4) is 0 Å².